The topological polar surface area (TPSA) is 93.1 Å². The number of methoxy groups -OCH3 is 1. The zero-order chi connectivity index (χ0) is 27.4. The first-order valence-electron chi connectivity index (χ1n) is 12.4. The number of pyridine rings is 1. The van der Waals surface area contributed by atoms with Gasteiger partial charge >= 0.3 is 6.03 Å². The van der Waals surface area contributed by atoms with E-state index in [9.17, 15) is 13.6 Å². The van der Waals surface area contributed by atoms with E-state index in [0.717, 1.165) is 17.3 Å². The van der Waals surface area contributed by atoms with Crippen LogP contribution < -0.4 is 16.0 Å². The number of urea groups is 1. The van der Waals surface area contributed by atoms with E-state index >= 15 is 0 Å². The molecule has 8 nitrogen and oxygen atoms in total. The van der Waals surface area contributed by atoms with Crippen LogP contribution in [0, 0.1) is 11.6 Å². The number of nitrogens with zero attached hydrogens (tertiary/aromatic N) is 3. The molecule has 11 heteroatoms. The van der Waals surface area contributed by atoms with E-state index in [1.807, 2.05) is 42.5 Å². The van der Waals surface area contributed by atoms with Crippen molar-refractivity contribution in [2.24, 2.45) is 0 Å². The van der Waals surface area contributed by atoms with E-state index in [4.69, 9.17) is 9.84 Å². The Morgan fingerprint density at radius 2 is 2.00 bits per heavy atom. The highest BCUT2D eigenvalue weighted by Gasteiger charge is 2.45. The van der Waals surface area contributed by atoms with Gasteiger partial charge in [0.2, 0.25) is 0 Å². The van der Waals surface area contributed by atoms with Crippen LogP contribution in [-0.2, 0) is 10.2 Å². The second-order valence-electron chi connectivity index (χ2n) is 9.31. The fourth-order valence-corrected chi connectivity index (χ4v) is 5.57. The summed E-state index contributed by atoms with van der Waals surface area (Å²) in [4.78, 5) is 17.7. The third-order valence-electron chi connectivity index (χ3n) is 7.00. The molecule has 5 rings (SSSR count). The summed E-state index contributed by atoms with van der Waals surface area (Å²) >= 11 is 3.63. The summed E-state index contributed by atoms with van der Waals surface area (Å²) in [5.41, 5.74) is 2.02. The number of benzene rings is 2. The van der Waals surface area contributed by atoms with Crippen molar-refractivity contribution in [1.29, 1.82) is 0 Å². The first kappa shape index (κ1) is 26.9. The van der Waals surface area contributed by atoms with Gasteiger partial charge in [0, 0.05) is 50.2 Å². The van der Waals surface area contributed by atoms with Crippen LogP contribution in [0.2, 0.25) is 0 Å². The highest BCUT2D eigenvalue weighted by Crippen LogP contribution is 2.37. The van der Waals surface area contributed by atoms with Gasteiger partial charge in [-0.1, -0.05) is 24.3 Å². The van der Waals surface area contributed by atoms with Gasteiger partial charge in [0.1, 0.15) is 5.69 Å². The fraction of sp³-hybridized carbons (Fsp3) is 0.250. The van der Waals surface area contributed by atoms with Gasteiger partial charge in [-0.15, -0.1) is 0 Å². The molecule has 39 heavy (non-hydrogen) atoms. The molecular weight excluding hydrogens is 570 g/mol. The van der Waals surface area contributed by atoms with Crippen molar-refractivity contribution in [1.82, 2.24) is 25.4 Å². The monoisotopic (exact) mass is 596 g/mol. The third kappa shape index (κ3) is 5.42. The first-order chi connectivity index (χ1) is 18.9. The van der Waals surface area contributed by atoms with Crippen molar-refractivity contribution < 1.29 is 18.3 Å². The molecule has 0 aliphatic carbocycles. The maximum Gasteiger partial charge on any atom is 0.320 e. The van der Waals surface area contributed by atoms with Gasteiger partial charge in [-0.25, -0.2) is 18.3 Å². The predicted molar refractivity (Wildman–Crippen MR) is 148 cm³/mol. The van der Waals surface area contributed by atoms with Crippen LogP contribution in [0.5, 0.6) is 0 Å². The van der Waals surface area contributed by atoms with E-state index in [1.165, 1.54) is 6.07 Å². The Kier molecular flexibility index (Phi) is 8.01. The molecule has 2 amide bonds. The summed E-state index contributed by atoms with van der Waals surface area (Å²) in [5.74, 6) is -1.42. The maximum absolute atomic E-state index is 14.2. The highest BCUT2D eigenvalue weighted by atomic mass is 79.9. The lowest BCUT2D eigenvalue weighted by atomic mass is 9.73. The molecule has 0 radical (unpaired) electrons. The molecule has 0 unspecified atom stereocenters. The van der Waals surface area contributed by atoms with Crippen LogP contribution in [-0.4, -0.2) is 53.6 Å². The number of hydrogen-bond donors (Lipinski definition) is 3. The maximum atomic E-state index is 14.2. The van der Waals surface area contributed by atoms with Gasteiger partial charge < -0.3 is 15.4 Å². The lowest BCUT2D eigenvalue weighted by Crippen LogP contribution is -2.51. The van der Waals surface area contributed by atoms with Gasteiger partial charge in [0.05, 0.1) is 16.2 Å². The molecule has 1 aliphatic heterocycles. The number of rotatable bonds is 8. The molecule has 3 N–H and O–H groups in total. The average Bonchev–Trinajstić information content (AvgIpc) is 3.51. The third-order valence-corrected chi connectivity index (χ3v) is 7.75. The normalized spacial score (nSPS) is 18.7. The van der Waals surface area contributed by atoms with Crippen LogP contribution in [0.15, 0.2) is 77.5 Å². The number of carbonyl (C=O) groups is 1. The molecule has 1 aliphatic rings. The van der Waals surface area contributed by atoms with Crippen LogP contribution in [0.3, 0.4) is 0 Å². The minimum absolute atomic E-state index is 0.376. The van der Waals surface area contributed by atoms with Crippen LogP contribution in [0.25, 0.3) is 16.9 Å². The number of anilines is 1. The molecule has 0 saturated carbocycles. The predicted octanol–water partition coefficient (Wildman–Crippen LogP) is 5.04. The van der Waals surface area contributed by atoms with E-state index in [-0.39, 0.29) is 0 Å². The summed E-state index contributed by atoms with van der Waals surface area (Å²) < 4.78 is 35.6. The molecule has 2 aromatic carbocycles. The van der Waals surface area contributed by atoms with Crippen molar-refractivity contribution in [2.75, 3.05) is 32.1 Å². The van der Waals surface area contributed by atoms with Gasteiger partial charge in [0.15, 0.2) is 17.5 Å². The number of halogens is 3. The molecule has 3 heterocycles. The average molecular weight is 597 g/mol. The molecule has 2 aromatic heterocycles. The molecule has 2 atom stereocenters. The van der Waals surface area contributed by atoms with Crippen molar-refractivity contribution in [3.63, 3.8) is 0 Å². The van der Waals surface area contributed by atoms with Gasteiger partial charge in [-0.2, -0.15) is 5.10 Å². The Hall–Kier alpha value is -3.67. The molecular formula is C28H27BrF2N6O2. The fourth-order valence-electron chi connectivity index (χ4n) is 5.00. The first-order valence-corrected chi connectivity index (χ1v) is 13.2. The minimum atomic E-state index is -0.932. The van der Waals surface area contributed by atoms with Crippen molar-refractivity contribution in [2.45, 2.75) is 17.9 Å². The molecule has 1 saturated heterocycles. The summed E-state index contributed by atoms with van der Waals surface area (Å²) in [7, 11) is 1.58. The summed E-state index contributed by atoms with van der Waals surface area (Å²) in [6.45, 7) is 1.28. The molecule has 4 aromatic rings. The van der Waals surface area contributed by atoms with E-state index in [1.54, 1.807) is 30.3 Å². The summed E-state index contributed by atoms with van der Waals surface area (Å²) in [6.07, 6.45) is 3.86. The zero-order valence-electron chi connectivity index (χ0n) is 21.1. The minimum Gasteiger partial charge on any atom is -0.385 e. The lowest BCUT2D eigenvalue weighted by Gasteiger charge is -2.35. The number of nitrogens with one attached hydrogen (secondary N) is 3. The highest BCUT2D eigenvalue weighted by molar-refractivity contribution is 9.10. The molecule has 202 valence electrons. The Labute approximate surface area is 232 Å². The second kappa shape index (κ2) is 11.6. The molecule has 0 spiro atoms. The van der Waals surface area contributed by atoms with E-state index in [2.05, 4.69) is 36.9 Å². The van der Waals surface area contributed by atoms with Crippen molar-refractivity contribution >= 4 is 27.8 Å². The van der Waals surface area contributed by atoms with Crippen LogP contribution in [0.1, 0.15) is 12.0 Å². The van der Waals surface area contributed by atoms with Gasteiger partial charge in [-0.05, 0) is 64.3 Å². The Bertz CT molecular complexity index is 1450. The Morgan fingerprint density at radius 1 is 1.18 bits per heavy atom. The number of hydrogen-bond acceptors (Lipinski definition) is 5. The largest absolute Gasteiger partial charge is 0.385 e. The number of amides is 2. The smallest absolute Gasteiger partial charge is 0.320 e. The SMILES string of the molecule is COCC[C@@]1(c2ccc(F)c(F)c2)CNC[C@H]1NC(=O)Nc1c(Br)c(-c2cccnc2)nn1-c1ccccc1. The van der Waals surface area contributed by atoms with Crippen molar-refractivity contribution in [3.05, 3.63) is 94.7 Å². The lowest BCUT2D eigenvalue weighted by molar-refractivity contribution is 0.161. The number of carbonyl (C=O) groups excluding carboxylic acids is 1. The Morgan fingerprint density at radius 3 is 2.72 bits per heavy atom. The number of ether oxygens (including phenoxy) is 1. The van der Waals surface area contributed by atoms with Crippen LogP contribution >= 0.6 is 15.9 Å². The molecule has 1 fully saturated rings. The second-order valence-corrected chi connectivity index (χ2v) is 10.1. The van der Waals surface area contributed by atoms with Crippen molar-refractivity contribution in [3.8, 4) is 16.9 Å². The van der Waals surface area contributed by atoms with E-state index in [0.29, 0.717) is 47.7 Å². The van der Waals surface area contributed by atoms with E-state index < -0.39 is 29.1 Å². The summed E-state index contributed by atoms with van der Waals surface area (Å²) in [6, 6.07) is 16.1. The van der Waals surface area contributed by atoms with Gasteiger partial charge in [-0.3, -0.25) is 10.3 Å². The van der Waals surface area contributed by atoms with Crippen LogP contribution in [0.4, 0.5) is 19.4 Å². The standard InChI is InChI=1S/C28H27BrF2N6O2/c1-39-13-11-28(19-9-10-21(30)22(31)14-19)17-33-16-23(28)34-27(38)35-26-24(29)25(18-6-5-12-32-15-18)36-37(26)20-7-3-2-4-8-20/h2-10,12,14-15,23,33H,11,13,16-17H2,1H3,(H2,34,35,38)/t23-,28+/m1/s1. The zero-order valence-corrected chi connectivity index (χ0v) is 22.7. The summed E-state index contributed by atoms with van der Waals surface area (Å²) in [5, 5.41) is 14.1. The molecule has 0 bridgehead atoms. The number of para-hydroxylation sites is 1. The quantitative estimate of drug-likeness (QED) is 0.265. The Balaban J connectivity index is 1.46. The van der Waals surface area contributed by atoms with Gasteiger partial charge in [0.25, 0.3) is 0 Å². The number of aromatic nitrogens is 3.